The Balaban J connectivity index is 2.13. The molecule has 16 heavy (non-hydrogen) atoms. The van der Waals surface area contributed by atoms with E-state index in [9.17, 15) is 0 Å². The minimum atomic E-state index is 0.674. The summed E-state index contributed by atoms with van der Waals surface area (Å²) in [5, 5.41) is 0. The van der Waals surface area contributed by atoms with Gasteiger partial charge in [0.05, 0.1) is 11.4 Å². The van der Waals surface area contributed by atoms with Crippen molar-refractivity contribution in [3.05, 3.63) is 18.2 Å². The van der Waals surface area contributed by atoms with Crippen LogP contribution >= 0.6 is 0 Å². The van der Waals surface area contributed by atoms with Crippen LogP contribution in [-0.4, -0.2) is 13.1 Å². The van der Waals surface area contributed by atoms with E-state index in [0.717, 1.165) is 19.0 Å². The van der Waals surface area contributed by atoms with Crippen molar-refractivity contribution in [1.29, 1.82) is 0 Å². The Morgan fingerprint density at radius 3 is 2.81 bits per heavy atom. The van der Waals surface area contributed by atoms with Gasteiger partial charge in [0, 0.05) is 18.8 Å². The molecule has 1 unspecified atom stereocenters. The van der Waals surface area contributed by atoms with Crippen LogP contribution in [0, 0.1) is 5.92 Å². The van der Waals surface area contributed by atoms with Gasteiger partial charge >= 0.3 is 0 Å². The van der Waals surface area contributed by atoms with E-state index in [-0.39, 0.29) is 0 Å². The maximum Gasteiger partial charge on any atom is 0.0568 e. The van der Waals surface area contributed by atoms with Crippen LogP contribution < -0.4 is 16.4 Å². The highest BCUT2D eigenvalue weighted by atomic mass is 15.1. The molecule has 4 N–H and O–H groups in total. The van der Waals surface area contributed by atoms with Crippen LogP contribution in [0.3, 0.4) is 0 Å². The number of rotatable bonds is 2. The number of piperidine rings is 1. The predicted octanol–water partition coefficient (Wildman–Crippen LogP) is 2.48. The SMILES string of the molecule is CCC1CCCN(c2ccc(N)c(N)c2)C1. The molecule has 1 aromatic carbocycles. The highest BCUT2D eigenvalue weighted by Crippen LogP contribution is 2.28. The fraction of sp³-hybridized carbons (Fsp3) is 0.538. The van der Waals surface area contributed by atoms with Crippen molar-refractivity contribution >= 4 is 17.1 Å². The molecule has 1 atom stereocenters. The molecule has 3 heteroatoms. The standard InChI is InChI=1S/C13H21N3/c1-2-10-4-3-7-16(9-10)11-5-6-12(14)13(15)8-11/h5-6,8,10H,2-4,7,9,14-15H2,1H3. The Hall–Kier alpha value is -1.38. The molecule has 0 spiro atoms. The number of hydrogen-bond donors (Lipinski definition) is 2. The summed E-state index contributed by atoms with van der Waals surface area (Å²) < 4.78 is 0. The van der Waals surface area contributed by atoms with Crippen molar-refractivity contribution < 1.29 is 0 Å². The van der Waals surface area contributed by atoms with Crippen molar-refractivity contribution in [2.75, 3.05) is 29.5 Å². The number of nitrogen functional groups attached to an aromatic ring is 2. The molecule has 1 aliphatic heterocycles. The highest BCUT2D eigenvalue weighted by molar-refractivity contribution is 5.69. The lowest BCUT2D eigenvalue weighted by atomic mass is 9.95. The van der Waals surface area contributed by atoms with Crippen molar-refractivity contribution in [2.24, 2.45) is 5.92 Å². The summed E-state index contributed by atoms with van der Waals surface area (Å²) in [7, 11) is 0. The van der Waals surface area contributed by atoms with Crippen molar-refractivity contribution in [3.63, 3.8) is 0 Å². The van der Waals surface area contributed by atoms with Crippen LogP contribution in [0.15, 0.2) is 18.2 Å². The minimum absolute atomic E-state index is 0.674. The lowest BCUT2D eigenvalue weighted by Gasteiger charge is -2.34. The monoisotopic (exact) mass is 219 g/mol. The Kier molecular flexibility index (Phi) is 3.22. The first-order valence-electron chi connectivity index (χ1n) is 6.10. The maximum absolute atomic E-state index is 5.84. The molecule has 3 nitrogen and oxygen atoms in total. The number of anilines is 3. The summed E-state index contributed by atoms with van der Waals surface area (Å²) >= 11 is 0. The third-order valence-corrected chi connectivity index (χ3v) is 3.53. The number of benzene rings is 1. The molecule has 0 saturated carbocycles. The van der Waals surface area contributed by atoms with E-state index < -0.39 is 0 Å². The lowest BCUT2D eigenvalue weighted by Crippen LogP contribution is -2.35. The Bertz CT molecular complexity index is 362. The lowest BCUT2D eigenvalue weighted by molar-refractivity contribution is 0.405. The van der Waals surface area contributed by atoms with E-state index >= 15 is 0 Å². The largest absolute Gasteiger partial charge is 0.397 e. The van der Waals surface area contributed by atoms with Crippen LogP contribution in [0.1, 0.15) is 26.2 Å². The summed E-state index contributed by atoms with van der Waals surface area (Å²) in [5.74, 6) is 0.826. The van der Waals surface area contributed by atoms with E-state index in [0.29, 0.717) is 11.4 Å². The fourth-order valence-corrected chi connectivity index (χ4v) is 2.39. The van der Waals surface area contributed by atoms with Gasteiger partial charge < -0.3 is 16.4 Å². The van der Waals surface area contributed by atoms with Gasteiger partial charge in [0.25, 0.3) is 0 Å². The summed E-state index contributed by atoms with van der Waals surface area (Å²) in [5.41, 5.74) is 14.1. The van der Waals surface area contributed by atoms with Gasteiger partial charge in [-0.15, -0.1) is 0 Å². The molecule has 0 amide bonds. The molecule has 0 aromatic heterocycles. The van der Waals surface area contributed by atoms with Crippen LogP contribution in [0.4, 0.5) is 17.1 Å². The Morgan fingerprint density at radius 2 is 2.12 bits per heavy atom. The van der Waals surface area contributed by atoms with Crippen LogP contribution in [-0.2, 0) is 0 Å². The molecule has 0 radical (unpaired) electrons. The van der Waals surface area contributed by atoms with E-state index in [2.05, 4.69) is 17.9 Å². The van der Waals surface area contributed by atoms with Gasteiger partial charge in [-0.1, -0.05) is 13.3 Å². The van der Waals surface area contributed by atoms with E-state index in [1.54, 1.807) is 0 Å². The molecular weight excluding hydrogens is 198 g/mol. The smallest absolute Gasteiger partial charge is 0.0568 e. The minimum Gasteiger partial charge on any atom is -0.397 e. The Morgan fingerprint density at radius 1 is 1.31 bits per heavy atom. The van der Waals surface area contributed by atoms with Crippen molar-refractivity contribution in [2.45, 2.75) is 26.2 Å². The van der Waals surface area contributed by atoms with Gasteiger partial charge in [0.2, 0.25) is 0 Å². The third-order valence-electron chi connectivity index (χ3n) is 3.53. The maximum atomic E-state index is 5.84. The first-order valence-corrected chi connectivity index (χ1v) is 6.10. The van der Waals surface area contributed by atoms with Gasteiger partial charge in [-0.25, -0.2) is 0 Å². The zero-order valence-electron chi connectivity index (χ0n) is 9.95. The average molecular weight is 219 g/mol. The van der Waals surface area contributed by atoms with Gasteiger partial charge in [-0.3, -0.25) is 0 Å². The van der Waals surface area contributed by atoms with Crippen LogP contribution in [0.2, 0.25) is 0 Å². The average Bonchev–Trinajstić information content (AvgIpc) is 2.33. The van der Waals surface area contributed by atoms with Gasteiger partial charge in [0.1, 0.15) is 0 Å². The summed E-state index contributed by atoms with van der Waals surface area (Å²) in [6.07, 6.45) is 3.90. The number of nitrogens with two attached hydrogens (primary N) is 2. The fourth-order valence-electron chi connectivity index (χ4n) is 2.39. The summed E-state index contributed by atoms with van der Waals surface area (Å²) in [6, 6.07) is 5.97. The third kappa shape index (κ3) is 2.23. The summed E-state index contributed by atoms with van der Waals surface area (Å²) in [6.45, 7) is 4.56. The highest BCUT2D eigenvalue weighted by Gasteiger charge is 2.18. The molecule has 1 saturated heterocycles. The number of nitrogens with zero attached hydrogens (tertiary/aromatic N) is 1. The molecule has 2 rings (SSSR count). The number of hydrogen-bond acceptors (Lipinski definition) is 3. The van der Waals surface area contributed by atoms with Crippen molar-refractivity contribution in [1.82, 2.24) is 0 Å². The predicted molar refractivity (Wildman–Crippen MR) is 70.5 cm³/mol. The molecule has 0 aliphatic carbocycles. The first kappa shape index (κ1) is 11.1. The Labute approximate surface area is 97.4 Å². The molecule has 1 heterocycles. The second-order valence-corrected chi connectivity index (χ2v) is 4.68. The molecule has 1 aromatic rings. The van der Waals surface area contributed by atoms with Crippen molar-refractivity contribution in [3.8, 4) is 0 Å². The van der Waals surface area contributed by atoms with E-state index in [4.69, 9.17) is 11.5 Å². The normalized spacial score (nSPS) is 21.1. The second-order valence-electron chi connectivity index (χ2n) is 4.68. The topological polar surface area (TPSA) is 55.3 Å². The van der Waals surface area contributed by atoms with Crippen LogP contribution in [0.25, 0.3) is 0 Å². The first-order chi connectivity index (χ1) is 7.70. The van der Waals surface area contributed by atoms with Gasteiger partial charge in [-0.2, -0.15) is 0 Å². The molecule has 1 aliphatic rings. The quantitative estimate of drug-likeness (QED) is 0.751. The van der Waals surface area contributed by atoms with E-state index in [1.807, 2.05) is 12.1 Å². The zero-order chi connectivity index (χ0) is 11.5. The van der Waals surface area contributed by atoms with Gasteiger partial charge in [0.15, 0.2) is 0 Å². The second kappa shape index (κ2) is 4.64. The van der Waals surface area contributed by atoms with Crippen LogP contribution in [0.5, 0.6) is 0 Å². The zero-order valence-corrected chi connectivity index (χ0v) is 9.95. The molecule has 1 fully saturated rings. The summed E-state index contributed by atoms with van der Waals surface area (Å²) in [4.78, 5) is 2.42. The molecular formula is C13H21N3. The molecule has 88 valence electrons. The molecule has 0 bridgehead atoms. The van der Waals surface area contributed by atoms with Gasteiger partial charge in [-0.05, 0) is 37.0 Å². The van der Waals surface area contributed by atoms with E-state index in [1.165, 1.54) is 24.9 Å².